The highest BCUT2D eigenvalue weighted by Crippen LogP contribution is 2.38. The summed E-state index contributed by atoms with van der Waals surface area (Å²) < 4.78 is 39.9. The van der Waals surface area contributed by atoms with E-state index in [1.807, 2.05) is 6.92 Å². The molecule has 22 heavy (non-hydrogen) atoms. The minimum Gasteiger partial charge on any atom is -0.454 e. The summed E-state index contributed by atoms with van der Waals surface area (Å²) >= 11 is 0. The normalized spacial score (nSPS) is 12.9. The number of nitrogens with zero attached hydrogens (tertiary/aromatic N) is 1. The molecule has 0 saturated heterocycles. The molecule has 2 rings (SSSR count). The van der Waals surface area contributed by atoms with Crippen molar-refractivity contribution in [1.82, 2.24) is 10.6 Å². The first-order chi connectivity index (χ1) is 10.1. The Kier molecular flexibility index (Phi) is 7.42. The molecule has 0 fully saturated rings. The fourth-order valence-electron chi connectivity index (χ4n) is 1.88. The second kappa shape index (κ2) is 8.81. The summed E-state index contributed by atoms with van der Waals surface area (Å²) in [5, 5.41) is 6.02. The Morgan fingerprint density at radius 2 is 2.00 bits per heavy atom. The van der Waals surface area contributed by atoms with Gasteiger partial charge in [-0.1, -0.05) is 0 Å². The number of nitrogens with one attached hydrogen (secondary N) is 2. The van der Waals surface area contributed by atoms with Gasteiger partial charge in [-0.05, 0) is 13.0 Å². The minimum absolute atomic E-state index is 0. The van der Waals surface area contributed by atoms with Gasteiger partial charge in [0.1, 0.15) is 5.75 Å². The number of ether oxygens (including phenoxy) is 3. The van der Waals surface area contributed by atoms with Crippen LogP contribution in [0.4, 0.5) is 8.78 Å². The van der Waals surface area contributed by atoms with E-state index in [-0.39, 0.29) is 43.1 Å². The Labute approximate surface area is 144 Å². The van der Waals surface area contributed by atoms with Crippen molar-refractivity contribution in [2.75, 3.05) is 20.4 Å². The second-order valence-electron chi connectivity index (χ2n) is 4.15. The van der Waals surface area contributed by atoms with E-state index in [1.54, 1.807) is 13.1 Å². The number of rotatable bonds is 5. The first-order valence-corrected chi connectivity index (χ1v) is 6.46. The highest BCUT2D eigenvalue weighted by atomic mass is 127. The Balaban J connectivity index is 0.00000242. The number of alkyl halides is 2. The molecule has 0 aliphatic carbocycles. The van der Waals surface area contributed by atoms with Gasteiger partial charge in [-0.15, -0.1) is 24.0 Å². The van der Waals surface area contributed by atoms with E-state index < -0.39 is 6.61 Å². The minimum atomic E-state index is -2.91. The molecule has 124 valence electrons. The van der Waals surface area contributed by atoms with Crippen LogP contribution < -0.4 is 24.8 Å². The molecule has 6 nitrogen and oxygen atoms in total. The maximum absolute atomic E-state index is 12.5. The lowest BCUT2D eigenvalue weighted by atomic mass is 10.1. The van der Waals surface area contributed by atoms with Crippen LogP contribution in [0.3, 0.4) is 0 Å². The van der Waals surface area contributed by atoms with Gasteiger partial charge in [0.25, 0.3) is 0 Å². The molecule has 0 unspecified atom stereocenters. The van der Waals surface area contributed by atoms with E-state index in [0.29, 0.717) is 29.6 Å². The molecule has 0 aromatic heterocycles. The Morgan fingerprint density at radius 3 is 2.59 bits per heavy atom. The Morgan fingerprint density at radius 1 is 1.32 bits per heavy atom. The summed E-state index contributed by atoms with van der Waals surface area (Å²) in [6.07, 6.45) is 0. The third-order valence-electron chi connectivity index (χ3n) is 2.79. The first kappa shape index (κ1) is 18.5. The molecule has 9 heteroatoms. The van der Waals surface area contributed by atoms with Gasteiger partial charge in [0.05, 0.1) is 0 Å². The lowest BCUT2D eigenvalue weighted by molar-refractivity contribution is -0.0505. The standard InChI is InChI=1S/C13H17F2N3O3.HI/c1-3-17-13(16-2)18-6-8-4-10-11(20-7-19-10)5-9(8)21-12(14)15;/h4-5,12H,3,6-7H2,1-2H3,(H2,16,17,18);1H. The van der Waals surface area contributed by atoms with Crippen LogP contribution in [0.1, 0.15) is 12.5 Å². The van der Waals surface area contributed by atoms with Crippen molar-refractivity contribution in [2.45, 2.75) is 20.1 Å². The molecule has 2 N–H and O–H groups in total. The van der Waals surface area contributed by atoms with Gasteiger partial charge < -0.3 is 24.8 Å². The SMILES string of the molecule is CCNC(=NC)NCc1cc2c(cc1OC(F)F)OCO2.I. The molecule has 0 amide bonds. The Hall–Kier alpha value is -1.52. The number of aliphatic imine (C=N–C) groups is 1. The summed E-state index contributed by atoms with van der Waals surface area (Å²) in [7, 11) is 1.63. The largest absolute Gasteiger partial charge is 0.454 e. The molecule has 0 radical (unpaired) electrons. The smallest absolute Gasteiger partial charge is 0.387 e. The zero-order valence-electron chi connectivity index (χ0n) is 12.2. The number of guanidine groups is 1. The van der Waals surface area contributed by atoms with E-state index in [1.165, 1.54) is 6.07 Å². The van der Waals surface area contributed by atoms with Crippen LogP contribution in [0.5, 0.6) is 17.2 Å². The van der Waals surface area contributed by atoms with E-state index >= 15 is 0 Å². The van der Waals surface area contributed by atoms with E-state index in [4.69, 9.17) is 9.47 Å². The van der Waals surface area contributed by atoms with Crippen LogP contribution in [0.15, 0.2) is 17.1 Å². The van der Waals surface area contributed by atoms with Gasteiger partial charge in [0, 0.05) is 31.8 Å². The maximum Gasteiger partial charge on any atom is 0.387 e. The summed E-state index contributed by atoms with van der Waals surface area (Å²) in [5.41, 5.74) is 0.526. The van der Waals surface area contributed by atoms with Crippen molar-refractivity contribution in [3.8, 4) is 17.2 Å². The van der Waals surface area contributed by atoms with Crippen LogP contribution >= 0.6 is 24.0 Å². The van der Waals surface area contributed by atoms with Crippen LogP contribution in [0, 0.1) is 0 Å². The molecule has 0 atom stereocenters. The summed E-state index contributed by atoms with van der Waals surface area (Å²) in [5.74, 6) is 1.52. The van der Waals surface area contributed by atoms with Crippen molar-refractivity contribution < 1.29 is 23.0 Å². The molecule has 1 heterocycles. The van der Waals surface area contributed by atoms with Crippen molar-refractivity contribution >= 4 is 29.9 Å². The van der Waals surface area contributed by atoms with Gasteiger partial charge in [-0.3, -0.25) is 4.99 Å². The third kappa shape index (κ3) is 4.75. The van der Waals surface area contributed by atoms with E-state index in [2.05, 4.69) is 20.4 Å². The van der Waals surface area contributed by atoms with Crippen molar-refractivity contribution in [3.05, 3.63) is 17.7 Å². The van der Waals surface area contributed by atoms with Gasteiger partial charge in [0.15, 0.2) is 17.5 Å². The fourth-order valence-corrected chi connectivity index (χ4v) is 1.88. The van der Waals surface area contributed by atoms with Gasteiger partial charge in [0.2, 0.25) is 6.79 Å². The maximum atomic E-state index is 12.5. The van der Waals surface area contributed by atoms with Crippen molar-refractivity contribution in [3.63, 3.8) is 0 Å². The zero-order valence-corrected chi connectivity index (χ0v) is 14.5. The lowest BCUT2D eigenvalue weighted by Gasteiger charge is -2.14. The highest BCUT2D eigenvalue weighted by Gasteiger charge is 2.20. The molecular formula is C13H18F2IN3O3. The predicted molar refractivity (Wildman–Crippen MR) is 88.5 cm³/mol. The molecule has 0 saturated carbocycles. The van der Waals surface area contributed by atoms with E-state index in [0.717, 1.165) is 0 Å². The number of halogens is 3. The van der Waals surface area contributed by atoms with Crippen molar-refractivity contribution in [1.29, 1.82) is 0 Å². The number of benzene rings is 1. The molecule has 1 aliphatic rings. The van der Waals surface area contributed by atoms with Crippen molar-refractivity contribution in [2.24, 2.45) is 4.99 Å². The molecule has 1 aromatic carbocycles. The average Bonchev–Trinajstić information content (AvgIpc) is 2.89. The molecule has 1 aliphatic heterocycles. The van der Waals surface area contributed by atoms with Gasteiger partial charge in [-0.2, -0.15) is 8.78 Å². The van der Waals surface area contributed by atoms with Gasteiger partial charge in [-0.25, -0.2) is 0 Å². The molecule has 1 aromatic rings. The van der Waals surface area contributed by atoms with Crippen LogP contribution in [-0.4, -0.2) is 33.0 Å². The average molecular weight is 429 g/mol. The molecule has 0 spiro atoms. The third-order valence-corrected chi connectivity index (χ3v) is 2.79. The topological polar surface area (TPSA) is 64.1 Å². The quantitative estimate of drug-likeness (QED) is 0.428. The summed E-state index contributed by atoms with van der Waals surface area (Å²) in [4.78, 5) is 4.01. The summed E-state index contributed by atoms with van der Waals surface area (Å²) in [6, 6.07) is 3.02. The molecular weight excluding hydrogens is 411 g/mol. The number of fused-ring (bicyclic) bond motifs is 1. The van der Waals surface area contributed by atoms with Crippen LogP contribution in [0.25, 0.3) is 0 Å². The fraction of sp³-hybridized carbons (Fsp3) is 0.462. The van der Waals surface area contributed by atoms with Gasteiger partial charge >= 0.3 is 6.61 Å². The lowest BCUT2D eigenvalue weighted by Crippen LogP contribution is -2.36. The first-order valence-electron chi connectivity index (χ1n) is 6.46. The second-order valence-corrected chi connectivity index (χ2v) is 4.15. The number of hydrogen-bond acceptors (Lipinski definition) is 4. The predicted octanol–water partition coefficient (Wildman–Crippen LogP) is 2.32. The zero-order chi connectivity index (χ0) is 15.2. The van der Waals surface area contributed by atoms with Crippen LogP contribution in [-0.2, 0) is 6.54 Å². The Bertz CT molecular complexity index is 529. The monoisotopic (exact) mass is 429 g/mol. The van der Waals surface area contributed by atoms with E-state index in [9.17, 15) is 8.78 Å². The highest BCUT2D eigenvalue weighted by molar-refractivity contribution is 14.0. The number of hydrogen-bond donors (Lipinski definition) is 2. The summed E-state index contributed by atoms with van der Waals surface area (Å²) in [6.45, 7) is 0.0507. The molecule has 0 bridgehead atoms. The van der Waals surface area contributed by atoms with Crippen LogP contribution in [0.2, 0.25) is 0 Å².